The number of ether oxygens (including phenoxy) is 5. The van der Waals surface area contributed by atoms with Crippen molar-refractivity contribution in [3.63, 3.8) is 0 Å². The fraction of sp³-hybridized carbons (Fsp3) is 0.600. The summed E-state index contributed by atoms with van der Waals surface area (Å²) >= 11 is 0. The molecular weight excluding hydrogens is 589 g/mol. The minimum atomic E-state index is -4.19. The molecule has 0 spiro atoms. The van der Waals surface area contributed by atoms with E-state index in [2.05, 4.69) is 41.6 Å². The van der Waals surface area contributed by atoms with E-state index in [1.165, 1.54) is 32.0 Å². The highest BCUT2D eigenvalue weighted by Crippen LogP contribution is 2.35. The van der Waals surface area contributed by atoms with Crippen LogP contribution < -0.4 is 14.2 Å². The van der Waals surface area contributed by atoms with Crippen molar-refractivity contribution in [3.8, 4) is 17.4 Å². The van der Waals surface area contributed by atoms with Crippen LogP contribution in [0.3, 0.4) is 0 Å². The smallest absolute Gasteiger partial charge is 0.245 e. The molecular formula is C25H36FN9O7S. The molecule has 2 saturated heterocycles. The molecule has 0 saturated carbocycles. The van der Waals surface area contributed by atoms with Gasteiger partial charge in [-0.1, -0.05) is 0 Å². The molecule has 43 heavy (non-hydrogen) atoms. The van der Waals surface area contributed by atoms with E-state index >= 15 is 0 Å². The molecule has 2 aromatic rings. The molecule has 2 fully saturated rings. The maximum Gasteiger partial charge on any atom is 0.245 e. The van der Waals surface area contributed by atoms with Crippen LogP contribution in [0.2, 0.25) is 0 Å². The molecule has 0 amide bonds. The van der Waals surface area contributed by atoms with Crippen molar-refractivity contribution in [1.82, 2.24) is 29.6 Å². The van der Waals surface area contributed by atoms with Gasteiger partial charge in [-0.15, -0.1) is 10.2 Å². The number of aromatic nitrogens is 5. The highest BCUT2D eigenvalue weighted by Gasteiger charge is 2.39. The first-order valence-electron chi connectivity index (χ1n) is 13.4. The Labute approximate surface area is 249 Å². The Kier molecular flexibility index (Phi) is 10.6. The summed E-state index contributed by atoms with van der Waals surface area (Å²) in [7, 11) is -1.39. The second kappa shape index (κ2) is 14.2. The molecule has 4 rings (SSSR count). The summed E-state index contributed by atoms with van der Waals surface area (Å²) in [6.45, 7) is 9.54. The number of nitrogens with one attached hydrogen (secondary N) is 1. The quantitative estimate of drug-likeness (QED) is 0.299. The van der Waals surface area contributed by atoms with Crippen molar-refractivity contribution in [2.24, 2.45) is 9.98 Å². The largest absolute Gasteiger partial charge is 0.479 e. The van der Waals surface area contributed by atoms with E-state index in [0.717, 1.165) is 6.20 Å². The van der Waals surface area contributed by atoms with Gasteiger partial charge >= 0.3 is 0 Å². The summed E-state index contributed by atoms with van der Waals surface area (Å²) in [6.07, 6.45) is 0.992. The first-order valence-corrected chi connectivity index (χ1v) is 15.0. The highest BCUT2D eigenvalue weighted by molar-refractivity contribution is 7.93. The second-order valence-electron chi connectivity index (χ2n) is 9.91. The molecule has 0 unspecified atom stereocenters. The Morgan fingerprint density at radius 2 is 1.93 bits per heavy atom. The van der Waals surface area contributed by atoms with E-state index in [-0.39, 0.29) is 67.4 Å². The van der Waals surface area contributed by atoms with Gasteiger partial charge in [0, 0.05) is 13.1 Å². The molecule has 4 heterocycles. The SMILES string of the molecule is C=N/C(=N\C=C(/C)F)N1C[C@@H](OC(C)C)C[C@@H](S(=O)(=O)Nc2nnc([C@H]3COCCO3)n2-c2c(OC)ncnc2OC)C1. The summed E-state index contributed by atoms with van der Waals surface area (Å²) < 4.78 is 73.7. The van der Waals surface area contributed by atoms with E-state index in [4.69, 9.17) is 23.7 Å². The van der Waals surface area contributed by atoms with Crippen LogP contribution >= 0.6 is 0 Å². The predicted octanol–water partition coefficient (Wildman–Crippen LogP) is 1.66. The van der Waals surface area contributed by atoms with E-state index in [1.807, 2.05) is 13.8 Å². The molecule has 2 aromatic heterocycles. The Morgan fingerprint density at radius 1 is 1.21 bits per heavy atom. The van der Waals surface area contributed by atoms with E-state index < -0.39 is 33.3 Å². The van der Waals surface area contributed by atoms with Crippen LogP contribution in [0, 0.1) is 0 Å². The van der Waals surface area contributed by atoms with Crippen molar-refractivity contribution < 1.29 is 36.5 Å². The van der Waals surface area contributed by atoms with Gasteiger partial charge in [0.15, 0.2) is 11.5 Å². The van der Waals surface area contributed by atoms with Gasteiger partial charge < -0.3 is 28.6 Å². The molecule has 0 aromatic carbocycles. The van der Waals surface area contributed by atoms with Crippen LogP contribution in [0.15, 0.2) is 28.3 Å². The van der Waals surface area contributed by atoms with Crippen LogP contribution in [-0.2, 0) is 24.2 Å². The molecule has 0 bridgehead atoms. The van der Waals surface area contributed by atoms with Crippen LogP contribution in [0.4, 0.5) is 10.3 Å². The maximum absolute atomic E-state index is 14.0. The van der Waals surface area contributed by atoms with Crippen molar-refractivity contribution in [2.75, 3.05) is 51.9 Å². The summed E-state index contributed by atoms with van der Waals surface area (Å²) in [5.74, 6) is -0.293. The number of aliphatic imine (C=N–C) groups is 2. The number of halogens is 1. The first kappa shape index (κ1) is 32.2. The van der Waals surface area contributed by atoms with E-state index in [9.17, 15) is 12.8 Å². The topological polar surface area (TPSA) is 177 Å². The Hall–Kier alpha value is -3.74. The highest BCUT2D eigenvalue weighted by atomic mass is 32.2. The fourth-order valence-corrected chi connectivity index (χ4v) is 6.12. The van der Waals surface area contributed by atoms with Crippen LogP contribution in [0.5, 0.6) is 11.8 Å². The number of rotatable bonds is 10. The van der Waals surface area contributed by atoms with Gasteiger partial charge in [-0.3, -0.25) is 9.29 Å². The van der Waals surface area contributed by atoms with Gasteiger partial charge in [0.25, 0.3) is 0 Å². The normalized spacial score (nSPS) is 22.0. The summed E-state index contributed by atoms with van der Waals surface area (Å²) in [6, 6.07) is 0. The zero-order chi connectivity index (χ0) is 31.1. The zero-order valence-electron chi connectivity index (χ0n) is 24.6. The van der Waals surface area contributed by atoms with Crippen molar-refractivity contribution >= 4 is 28.6 Å². The third-order valence-corrected chi connectivity index (χ3v) is 8.14. The van der Waals surface area contributed by atoms with Gasteiger partial charge in [0.2, 0.25) is 33.7 Å². The lowest BCUT2D eigenvalue weighted by Crippen LogP contribution is -2.52. The predicted molar refractivity (Wildman–Crippen MR) is 154 cm³/mol. The molecule has 0 aliphatic carbocycles. The minimum absolute atomic E-state index is 0.0357. The van der Waals surface area contributed by atoms with Crippen LogP contribution in [-0.4, -0.2) is 115 Å². The third-order valence-electron chi connectivity index (χ3n) is 6.45. The fourth-order valence-electron chi connectivity index (χ4n) is 4.73. The summed E-state index contributed by atoms with van der Waals surface area (Å²) in [5.41, 5.74) is 0.157. The molecule has 0 radical (unpaired) electrons. The lowest BCUT2D eigenvalue weighted by Gasteiger charge is -2.38. The van der Waals surface area contributed by atoms with Crippen molar-refractivity contribution in [2.45, 2.75) is 50.8 Å². The number of sulfonamides is 1. The number of hydrogen-bond donors (Lipinski definition) is 1. The molecule has 18 heteroatoms. The third kappa shape index (κ3) is 7.62. The summed E-state index contributed by atoms with van der Waals surface area (Å²) in [4.78, 5) is 17.8. The maximum atomic E-state index is 14.0. The molecule has 1 N–H and O–H groups in total. The van der Waals surface area contributed by atoms with Gasteiger partial charge in [-0.05, 0) is 33.9 Å². The Bertz CT molecular complexity index is 1420. The number of piperidine rings is 1. The first-order chi connectivity index (χ1) is 20.6. The molecule has 2 aliphatic rings. The summed E-state index contributed by atoms with van der Waals surface area (Å²) in [5, 5.41) is 7.37. The number of likely N-dealkylation sites (tertiary alicyclic amines) is 1. The average molecular weight is 626 g/mol. The standard InChI is InChI=1S/C25H36FN9O7S/c1-15(2)42-17-9-18(12-34(11-17)24(27-4)28-10-16(3)26)43(36,37)33-25-32-31-21(19-13-40-7-8-41-19)35(25)20-22(38-5)29-14-30-23(20)39-6/h10,14-15,17-19H,4,7-9,11-13H2,1-3,5-6H3,(H,32,33)/b16-10+,28-24+/t17-,18+,19+/m0/s1. The van der Waals surface area contributed by atoms with Gasteiger partial charge in [-0.2, -0.15) is 9.97 Å². The second-order valence-corrected chi connectivity index (χ2v) is 11.9. The number of methoxy groups -OCH3 is 2. The molecule has 16 nitrogen and oxygen atoms in total. The van der Waals surface area contributed by atoms with E-state index in [1.54, 1.807) is 4.90 Å². The number of allylic oxidation sites excluding steroid dienone is 1. The van der Waals surface area contributed by atoms with Crippen molar-refractivity contribution in [3.05, 3.63) is 24.2 Å². The van der Waals surface area contributed by atoms with Crippen LogP contribution in [0.25, 0.3) is 5.69 Å². The molecule has 2 aliphatic heterocycles. The monoisotopic (exact) mass is 625 g/mol. The van der Waals surface area contributed by atoms with Gasteiger partial charge in [-0.25, -0.2) is 22.8 Å². The van der Waals surface area contributed by atoms with Gasteiger partial charge in [0.05, 0.1) is 52.4 Å². The zero-order valence-corrected chi connectivity index (χ0v) is 25.5. The molecule has 3 atom stereocenters. The van der Waals surface area contributed by atoms with E-state index in [0.29, 0.717) is 13.2 Å². The Balaban J connectivity index is 1.76. The lowest BCUT2D eigenvalue weighted by molar-refractivity contribution is -0.0941. The number of nitrogens with zero attached hydrogens (tertiary/aromatic N) is 8. The number of hydrogen-bond acceptors (Lipinski definition) is 12. The lowest BCUT2D eigenvalue weighted by atomic mass is 10.1. The number of anilines is 1. The number of guanidine groups is 1. The van der Waals surface area contributed by atoms with Gasteiger partial charge in [0.1, 0.15) is 23.5 Å². The minimum Gasteiger partial charge on any atom is -0.479 e. The molecule has 236 valence electrons. The van der Waals surface area contributed by atoms with Crippen LogP contribution in [0.1, 0.15) is 39.1 Å². The Morgan fingerprint density at radius 3 is 2.51 bits per heavy atom. The van der Waals surface area contributed by atoms with Crippen molar-refractivity contribution in [1.29, 1.82) is 0 Å². The average Bonchev–Trinajstić information content (AvgIpc) is 3.39.